The molecule has 1 aliphatic rings. The fourth-order valence-electron chi connectivity index (χ4n) is 9.35. The standard InChI is InChI=1S/C67H55N/c1-5-28-49(6-2)62-45-57(46-63(51-29-15-9-16-30-51)66(62)54-35-21-12-22-36-54)50(7-3)43-59(8-4)68(60-40-25-14-26-41-60)61-42-27-39-56(44-61)58-47-64(52-31-17-10-18-32-52)67(55-37-23-13-24-38-55)65(48-58)53-33-19-11-20-34-53/h5-11,13-21,23-48H,1-3,12,22H2,4H3/b49-28+,50-43+,59-8+. The highest BCUT2D eigenvalue weighted by Gasteiger charge is 2.22. The Kier molecular flexibility index (Phi) is 13.9. The number of benzene rings is 8. The van der Waals surface area contributed by atoms with Crippen molar-refractivity contribution >= 4 is 28.1 Å². The summed E-state index contributed by atoms with van der Waals surface area (Å²) in [4.78, 5) is 2.35. The molecule has 0 radical (unpaired) electrons. The molecule has 8 aromatic carbocycles. The van der Waals surface area contributed by atoms with Gasteiger partial charge in [0.2, 0.25) is 0 Å². The maximum absolute atomic E-state index is 4.44. The Bertz CT molecular complexity index is 3180. The van der Waals surface area contributed by atoms with Gasteiger partial charge in [-0.15, -0.1) is 0 Å². The molecule has 0 amide bonds. The molecule has 0 heterocycles. The second-order valence-corrected chi connectivity index (χ2v) is 16.8. The molecular weight excluding hydrogens is 819 g/mol. The van der Waals surface area contributed by atoms with E-state index in [1.165, 1.54) is 44.5 Å². The van der Waals surface area contributed by atoms with Crippen LogP contribution in [0.15, 0.2) is 280 Å². The van der Waals surface area contributed by atoms with Gasteiger partial charge < -0.3 is 4.90 Å². The van der Waals surface area contributed by atoms with Crippen molar-refractivity contribution in [3.63, 3.8) is 0 Å². The van der Waals surface area contributed by atoms with Crippen LogP contribution in [0.25, 0.3) is 72.4 Å². The zero-order chi connectivity index (χ0) is 46.7. The van der Waals surface area contributed by atoms with Crippen LogP contribution in [-0.4, -0.2) is 0 Å². The number of hydrogen-bond donors (Lipinski definition) is 0. The van der Waals surface area contributed by atoms with Crippen LogP contribution in [0.4, 0.5) is 11.4 Å². The van der Waals surface area contributed by atoms with E-state index in [1.54, 1.807) is 0 Å². The lowest BCUT2D eigenvalue weighted by atomic mass is 9.82. The highest BCUT2D eigenvalue weighted by molar-refractivity contribution is 5.99. The summed E-state index contributed by atoms with van der Waals surface area (Å²) < 4.78 is 0. The zero-order valence-corrected chi connectivity index (χ0v) is 38.7. The molecule has 8 aromatic rings. The average molecular weight is 874 g/mol. The number of rotatable bonds is 15. The van der Waals surface area contributed by atoms with Crippen molar-refractivity contribution in [2.24, 2.45) is 0 Å². The zero-order valence-electron chi connectivity index (χ0n) is 38.7. The second-order valence-electron chi connectivity index (χ2n) is 16.8. The first-order valence-corrected chi connectivity index (χ1v) is 23.4. The number of para-hydroxylation sites is 1. The van der Waals surface area contributed by atoms with E-state index in [1.807, 2.05) is 18.2 Å². The van der Waals surface area contributed by atoms with Crippen molar-refractivity contribution in [1.29, 1.82) is 0 Å². The van der Waals surface area contributed by atoms with Gasteiger partial charge in [-0.3, -0.25) is 0 Å². The monoisotopic (exact) mass is 873 g/mol. The van der Waals surface area contributed by atoms with Crippen LogP contribution >= 0.6 is 0 Å². The first-order chi connectivity index (χ1) is 33.6. The molecule has 0 spiro atoms. The third kappa shape index (κ3) is 9.56. The molecule has 1 aliphatic carbocycles. The van der Waals surface area contributed by atoms with Gasteiger partial charge in [0, 0.05) is 17.1 Å². The van der Waals surface area contributed by atoms with Crippen molar-refractivity contribution in [2.75, 3.05) is 4.90 Å². The molecule has 0 saturated heterocycles. The molecule has 0 aromatic heterocycles. The third-order valence-corrected chi connectivity index (χ3v) is 12.6. The quantitative estimate of drug-likeness (QED) is 0.0928. The second kappa shape index (κ2) is 21.2. The Labute approximate surface area is 403 Å². The summed E-state index contributed by atoms with van der Waals surface area (Å²) >= 11 is 0. The van der Waals surface area contributed by atoms with E-state index in [4.69, 9.17) is 0 Å². The summed E-state index contributed by atoms with van der Waals surface area (Å²) in [6, 6.07) is 71.9. The Morgan fingerprint density at radius 3 is 1.50 bits per heavy atom. The van der Waals surface area contributed by atoms with E-state index in [0.29, 0.717) is 0 Å². The first-order valence-electron chi connectivity index (χ1n) is 23.4. The highest BCUT2D eigenvalue weighted by Crippen LogP contribution is 2.45. The molecule has 0 atom stereocenters. The Morgan fingerprint density at radius 1 is 0.471 bits per heavy atom. The lowest BCUT2D eigenvalue weighted by Crippen LogP contribution is -2.15. The lowest BCUT2D eigenvalue weighted by Gasteiger charge is -2.28. The summed E-state index contributed by atoms with van der Waals surface area (Å²) in [5.74, 6) is 0. The topological polar surface area (TPSA) is 3.24 Å². The molecule has 0 N–H and O–H groups in total. The van der Waals surface area contributed by atoms with Crippen LogP contribution in [-0.2, 0) is 0 Å². The summed E-state index contributed by atoms with van der Waals surface area (Å²) in [6.45, 7) is 14.9. The van der Waals surface area contributed by atoms with Gasteiger partial charge in [0.05, 0.1) is 0 Å². The number of allylic oxidation sites excluding steroid dienone is 12. The predicted octanol–water partition coefficient (Wildman–Crippen LogP) is 18.8. The van der Waals surface area contributed by atoms with Gasteiger partial charge in [-0.25, -0.2) is 0 Å². The minimum absolute atomic E-state index is 0.992. The Morgan fingerprint density at radius 2 is 0.985 bits per heavy atom. The summed E-state index contributed by atoms with van der Waals surface area (Å²) in [5, 5.41) is 0. The predicted molar refractivity (Wildman–Crippen MR) is 295 cm³/mol. The van der Waals surface area contributed by atoms with E-state index in [0.717, 1.165) is 74.4 Å². The Balaban J connectivity index is 1.22. The molecule has 0 fully saturated rings. The van der Waals surface area contributed by atoms with E-state index in [-0.39, 0.29) is 0 Å². The minimum atomic E-state index is 0.992. The number of hydrogen-bond acceptors (Lipinski definition) is 1. The minimum Gasteiger partial charge on any atom is -0.311 e. The largest absolute Gasteiger partial charge is 0.311 e. The van der Waals surface area contributed by atoms with Crippen molar-refractivity contribution in [2.45, 2.75) is 19.8 Å². The van der Waals surface area contributed by atoms with E-state index in [9.17, 15) is 0 Å². The van der Waals surface area contributed by atoms with Crippen molar-refractivity contribution in [1.82, 2.24) is 0 Å². The summed E-state index contributed by atoms with van der Waals surface area (Å²) in [5.41, 5.74) is 21.3. The molecule has 1 heteroatoms. The van der Waals surface area contributed by atoms with Gasteiger partial charge in [-0.2, -0.15) is 0 Å². The fraction of sp³-hybridized carbons (Fsp3) is 0.0448. The molecule has 0 bridgehead atoms. The number of anilines is 2. The van der Waals surface area contributed by atoms with Crippen LogP contribution in [0.3, 0.4) is 0 Å². The van der Waals surface area contributed by atoms with Gasteiger partial charge in [0.15, 0.2) is 0 Å². The molecule has 9 rings (SSSR count). The molecule has 68 heavy (non-hydrogen) atoms. The van der Waals surface area contributed by atoms with Crippen LogP contribution in [0.1, 0.15) is 36.5 Å². The van der Waals surface area contributed by atoms with Gasteiger partial charge >= 0.3 is 0 Å². The van der Waals surface area contributed by atoms with Gasteiger partial charge in [-0.1, -0.05) is 220 Å². The molecule has 0 unspecified atom stereocenters. The lowest BCUT2D eigenvalue weighted by molar-refractivity contribution is 1.04. The molecule has 1 nitrogen and oxygen atoms in total. The van der Waals surface area contributed by atoms with Crippen molar-refractivity contribution in [3.05, 3.63) is 297 Å². The van der Waals surface area contributed by atoms with Crippen LogP contribution in [0.5, 0.6) is 0 Å². The highest BCUT2D eigenvalue weighted by atomic mass is 15.1. The fourth-order valence-corrected chi connectivity index (χ4v) is 9.35. The third-order valence-electron chi connectivity index (χ3n) is 12.6. The smallest absolute Gasteiger partial charge is 0.0467 e. The molecule has 328 valence electrons. The normalized spacial score (nSPS) is 12.8. The number of nitrogens with zero attached hydrogens (tertiary/aromatic N) is 1. The van der Waals surface area contributed by atoms with Crippen molar-refractivity contribution in [3.8, 4) is 55.6 Å². The van der Waals surface area contributed by atoms with Crippen LogP contribution in [0, 0.1) is 0 Å². The van der Waals surface area contributed by atoms with Gasteiger partial charge in [-0.05, 0) is 163 Å². The Hall–Kier alpha value is -8.52. The van der Waals surface area contributed by atoms with Crippen LogP contribution < -0.4 is 4.90 Å². The first kappa shape index (κ1) is 44.7. The molecular formula is C67H55N. The average Bonchev–Trinajstić information content (AvgIpc) is 3.42. The van der Waals surface area contributed by atoms with E-state index in [2.05, 4.69) is 268 Å². The van der Waals surface area contributed by atoms with Gasteiger partial charge in [0.25, 0.3) is 0 Å². The summed E-state index contributed by atoms with van der Waals surface area (Å²) in [7, 11) is 0. The summed E-state index contributed by atoms with van der Waals surface area (Å²) in [6.07, 6.45) is 21.2. The van der Waals surface area contributed by atoms with Crippen LogP contribution in [0.2, 0.25) is 0 Å². The maximum Gasteiger partial charge on any atom is 0.0467 e. The molecule has 0 aliphatic heterocycles. The molecule has 0 saturated carbocycles. The maximum atomic E-state index is 4.44. The van der Waals surface area contributed by atoms with E-state index >= 15 is 0 Å². The van der Waals surface area contributed by atoms with Gasteiger partial charge in [0.1, 0.15) is 0 Å². The van der Waals surface area contributed by atoms with E-state index < -0.39 is 0 Å². The van der Waals surface area contributed by atoms with Crippen molar-refractivity contribution < 1.29 is 0 Å². The SMILES string of the molecule is C=C/C=C(\C=C)c1cc(/C(C=C)=C/C(=C\C)N(c2ccccc2)c2cccc(-c3cc(-c4ccccc4)c(-c4ccccc4)c(-c4ccccc4)c3)c2)cc(-c2ccccc2)c1C1=CCCC=C1.